The predicted octanol–water partition coefficient (Wildman–Crippen LogP) is 2.62. The summed E-state index contributed by atoms with van der Waals surface area (Å²) < 4.78 is 25.8. The fourth-order valence-electron chi connectivity index (χ4n) is 2.53. The molecule has 0 radical (unpaired) electrons. The Balaban J connectivity index is 1.95. The smallest absolute Gasteiger partial charge is 0.343 e. The van der Waals surface area contributed by atoms with Crippen LogP contribution in [0.15, 0.2) is 30.7 Å². The average molecular weight is 359 g/mol. The second kappa shape index (κ2) is 7.34. The van der Waals surface area contributed by atoms with Crippen molar-refractivity contribution in [3.05, 3.63) is 47.7 Å². The number of rotatable bonds is 6. The number of esters is 1. The van der Waals surface area contributed by atoms with Crippen LogP contribution < -0.4 is 10.1 Å². The van der Waals surface area contributed by atoms with Crippen LogP contribution in [0.25, 0.3) is 5.65 Å². The third-order valence-electron chi connectivity index (χ3n) is 3.76. The molecule has 1 atom stereocenters. The molecule has 3 heterocycles. The zero-order valence-corrected chi connectivity index (χ0v) is 14.6. The van der Waals surface area contributed by atoms with Crippen LogP contribution in [0.4, 0.5) is 10.2 Å². The first kappa shape index (κ1) is 17.6. The summed E-state index contributed by atoms with van der Waals surface area (Å²) in [6.45, 7) is 3.75. The van der Waals surface area contributed by atoms with E-state index >= 15 is 0 Å². The lowest BCUT2D eigenvalue weighted by Crippen LogP contribution is -2.13. The summed E-state index contributed by atoms with van der Waals surface area (Å²) in [5, 5.41) is 6.93. The number of fused-ring (bicyclic) bond motifs is 1. The van der Waals surface area contributed by atoms with E-state index in [4.69, 9.17) is 9.47 Å². The zero-order chi connectivity index (χ0) is 18.7. The molecule has 0 aromatic carbocycles. The number of methoxy groups -OCH3 is 1. The summed E-state index contributed by atoms with van der Waals surface area (Å²) in [4.78, 5) is 20.3. The largest absolute Gasteiger partial charge is 0.481 e. The lowest BCUT2D eigenvalue weighted by atomic mass is 10.1. The van der Waals surface area contributed by atoms with Crippen molar-refractivity contribution in [1.29, 1.82) is 0 Å². The monoisotopic (exact) mass is 359 g/mol. The maximum absolute atomic E-state index is 14.4. The number of carbonyl (C=O) groups is 1. The van der Waals surface area contributed by atoms with Gasteiger partial charge in [0.2, 0.25) is 5.88 Å². The van der Waals surface area contributed by atoms with E-state index in [0.717, 1.165) is 11.8 Å². The number of aromatic nitrogens is 4. The van der Waals surface area contributed by atoms with Gasteiger partial charge in [-0.05, 0) is 19.9 Å². The molecule has 0 bridgehead atoms. The number of anilines is 1. The van der Waals surface area contributed by atoms with Crippen molar-refractivity contribution in [2.24, 2.45) is 0 Å². The lowest BCUT2D eigenvalue weighted by Gasteiger charge is -2.17. The van der Waals surface area contributed by atoms with Crippen LogP contribution in [0, 0.1) is 5.82 Å². The summed E-state index contributed by atoms with van der Waals surface area (Å²) in [7, 11) is 1.52. The minimum Gasteiger partial charge on any atom is -0.481 e. The van der Waals surface area contributed by atoms with Crippen molar-refractivity contribution in [3.8, 4) is 5.88 Å². The zero-order valence-electron chi connectivity index (χ0n) is 14.6. The third kappa shape index (κ3) is 3.28. The Kier molecular flexibility index (Phi) is 4.97. The molecule has 0 aliphatic carbocycles. The SMILES string of the molecule is CCOC(=O)c1cnn2cc(F)c(N[C@H](C)c3cccnc3OC)nc12. The van der Waals surface area contributed by atoms with Crippen LogP contribution in [-0.2, 0) is 4.74 Å². The van der Waals surface area contributed by atoms with Crippen molar-refractivity contribution < 1.29 is 18.7 Å². The van der Waals surface area contributed by atoms with Gasteiger partial charge < -0.3 is 14.8 Å². The van der Waals surface area contributed by atoms with Crippen LogP contribution in [0.5, 0.6) is 5.88 Å². The van der Waals surface area contributed by atoms with Gasteiger partial charge in [-0.2, -0.15) is 5.10 Å². The first-order chi connectivity index (χ1) is 12.5. The molecule has 3 rings (SSSR count). The number of hydrogen-bond acceptors (Lipinski definition) is 7. The van der Waals surface area contributed by atoms with Crippen LogP contribution in [-0.4, -0.2) is 39.3 Å². The van der Waals surface area contributed by atoms with Gasteiger partial charge in [0, 0.05) is 11.8 Å². The van der Waals surface area contributed by atoms with Gasteiger partial charge in [-0.15, -0.1) is 0 Å². The molecule has 3 aromatic rings. The molecule has 1 N–H and O–H groups in total. The topological polar surface area (TPSA) is 90.6 Å². The summed E-state index contributed by atoms with van der Waals surface area (Å²) >= 11 is 0. The highest BCUT2D eigenvalue weighted by molar-refractivity contribution is 5.95. The van der Waals surface area contributed by atoms with Gasteiger partial charge in [0.15, 0.2) is 17.3 Å². The molecule has 0 spiro atoms. The average Bonchev–Trinajstić information content (AvgIpc) is 3.04. The summed E-state index contributed by atoms with van der Waals surface area (Å²) in [5.74, 6) is -0.743. The molecular formula is C17H18FN5O3. The number of ether oxygens (including phenoxy) is 2. The van der Waals surface area contributed by atoms with E-state index < -0.39 is 11.8 Å². The number of nitrogens with zero attached hydrogens (tertiary/aromatic N) is 4. The Morgan fingerprint density at radius 3 is 3.00 bits per heavy atom. The fraction of sp³-hybridized carbons (Fsp3) is 0.294. The van der Waals surface area contributed by atoms with Crippen molar-refractivity contribution in [2.75, 3.05) is 19.0 Å². The van der Waals surface area contributed by atoms with E-state index in [1.54, 1.807) is 19.2 Å². The molecule has 0 saturated carbocycles. The van der Waals surface area contributed by atoms with E-state index in [0.29, 0.717) is 5.88 Å². The normalized spacial score (nSPS) is 12.0. The highest BCUT2D eigenvalue weighted by atomic mass is 19.1. The Labute approximate surface area is 149 Å². The number of nitrogens with one attached hydrogen (secondary N) is 1. The van der Waals surface area contributed by atoms with E-state index in [-0.39, 0.29) is 29.7 Å². The predicted molar refractivity (Wildman–Crippen MR) is 91.7 cm³/mol. The molecule has 9 heteroatoms. The van der Waals surface area contributed by atoms with E-state index in [1.807, 2.05) is 13.0 Å². The van der Waals surface area contributed by atoms with Crippen LogP contribution in [0.1, 0.15) is 35.8 Å². The number of carbonyl (C=O) groups excluding carboxylic acids is 1. The Bertz CT molecular complexity index is 943. The Morgan fingerprint density at radius 1 is 1.46 bits per heavy atom. The minimum absolute atomic E-state index is 0.0121. The van der Waals surface area contributed by atoms with Crippen LogP contribution >= 0.6 is 0 Å². The first-order valence-corrected chi connectivity index (χ1v) is 8.01. The molecule has 0 amide bonds. The quantitative estimate of drug-likeness (QED) is 0.677. The Morgan fingerprint density at radius 2 is 2.27 bits per heavy atom. The molecule has 0 unspecified atom stereocenters. The number of hydrogen-bond donors (Lipinski definition) is 1. The molecular weight excluding hydrogens is 341 g/mol. The first-order valence-electron chi connectivity index (χ1n) is 8.01. The molecule has 0 saturated heterocycles. The van der Waals surface area contributed by atoms with E-state index in [1.165, 1.54) is 17.8 Å². The highest BCUT2D eigenvalue weighted by Crippen LogP contribution is 2.26. The van der Waals surface area contributed by atoms with Crippen molar-refractivity contribution in [2.45, 2.75) is 19.9 Å². The number of pyridine rings is 1. The van der Waals surface area contributed by atoms with Crippen LogP contribution in [0.2, 0.25) is 0 Å². The molecule has 0 aliphatic rings. The van der Waals surface area contributed by atoms with Gasteiger partial charge in [0.1, 0.15) is 5.56 Å². The van der Waals surface area contributed by atoms with Gasteiger partial charge in [0.25, 0.3) is 0 Å². The lowest BCUT2D eigenvalue weighted by molar-refractivity contribution is 0.0528. The molecule has 26 heavy (non-hydrogen) atoms. The molecule has 3 aromatic heterocycles. The molecule has 0 fully saturated rings. The minimum atomic E-state index is -0.606. The molecule has 136 valence electrons. The van der Waals surface area contributed by atoms with Gasteiger partial charge in [0.05, 0.1) is 32.2 Å². The van der Waals surface area contributed by atoms with E-state index in [2.05, 4.69) is 20.4 Å². The fourth-order valence-corrected chi connectivity index (χ4v) is 2.53. The van der Waals surface area contributed by atoms with E-state index in [9.17, 15) is 9.18 Å². The second-order valence-corrected chi connectivity index (χ2v) is 5.45. The van der Waals surface area contributed by atoms with Crippen molar-refractivity contribution >= 4 is 17.4 Å². The maximum atomic E-state index is 14.4. The highest BCUT2D eigenvalue weighted by Gasteiger charge is 2.20. The van der Waals surface area contributed by atoms with Crippen LogP contribution in [0.3, 0.4) is 0 Å². The van der Waals surface area contributed by atoms with Crippen molar-refractivity contribution in [3.63, 3.8) is 0 Å². The Hall–Kier alpha value is -3.23. The second-order valence-electron chi connectivity index (χ2n) is 5.45. The van der Waals surface area contributed by atoms with Gasteiger partial charge in [-0.25, -0.2) is 23.7 Å². The van der Waals surface area contributed by atoms with Gasteiger partial charge in [-0.1, -0.05) is 6.07 Å². The number of halogens is 1. The summed E-state index contributed by atoms with van der Waals surface area (Å²) in [5.41, 5.74) is 1.12. The third-order valence-corrected chi connectivity index (χ3v) is 3.76. The molecule has 8 nitrogen and oxygen atoms in total. The maximum Gasteiger partial charge on any atom is 0.343 e. The van der Waals surface area contributed by atoms with Gasteiger partial charge >= 0.3 is 5.97 Å². The van der Waals surface area contributed by atoms with Gasteiger partial charge in [-0.3, -0.25) is 0 Å². The van der Waals surface area contributed by atoms with Crippen molar-refractivity contribution in [1.82, 2.24) is 19.6 Å². The summed E-state index contributed by atoms with van der Waals surface area (Å²) in [6, 6.07) is 3.25. The summed E-state index contributed by atoms with van der Waals surface area (Å²) in [6.07, 6.45) is 4.07. The standard InChI is InChI=1S/C17H18FN5O3/c1-4-26-17(24)12-8-20-23-9-13(18)14(22-15(12)23)21-10(2)11-6-5-7-19-16(11)25-3/h5-10H,4H2,1-3H3,(H,21,22)/t10-/m1/s1. The molecule has 0 aliphatic heterocycles.